The van der Waals surface area contributed by atoms with Crippen molar-refractivity contribution < 1.29 is 4.79 Å². The Labute approximate surface area is 86.4 Å². The number of carbonyl (C=O) groups is 1. The van der Waals surface area contributed by atoms with Gasteiger partial charge in [-0.05, 0) is 18.8 Å². The van der Waals surface area contributed by atoms with Crippen molar-refractivity contribution in [3.05, 3.63) is 0 Å². The van der Waals surface area contributed by atoms with Gasteiger partial charge in [-0.1, -0.05) is 26.2 Å². The fourth-order valence-electron chi connectivity index (χ4n) is 1.92. The van der Waals surface area contributed by atoms with Crippen molar-refractivity contribution in [2.24, 2.45) is 17.6 Å². The summed E-state index contributed by atoms with van der Waals surface area (Å²) in [5.41, 5.74) is 5.42. The van der Waals surface area contributed by atoms with E-state index in [1.807, 2.05) is 6.92 Å². The molecule has 1 fully saturated rings. The van der Waals surface area contributed by atoms with E-state index >= 15 is 0 Å². The fraction of sp³-hybridized carbons (Fsp3) is 0.909. The van der Waals surface area contributed by atoms with E-state index in [9.17, 15) is 4.79 Å². The van der Waals surface area contributed by atoms with Crippen molar-refractivity contribution in [2.75, 3.05) is 13.1 Å². The van der Waals surface area contributed by atoms with E-state index in [0.29, 0.717) is 12.5 Å². The highest BCUT2D eigenvalue weighted by Gasteiger charge is 2.16. The van der Waals surface area contributed by atoms with Gasteiger partial charge in [-0.15, -0.1) is 0 Å². The normalized spacial score (nSPS) is 20.4. The molecule has 0 heterocycles. The lowest BCUT2D eigenvalue weighted by Gasteiger charge is -2.22. The van der Waals surface area contributed by atoms with Gasteiger partial charge in [0.25, 0.3) is 0 Å². The van der Waals surface area contributed by atoms with Crippen LogP contribution in [0.4, 0.5) is 0 Å². The number of rotatable bonds is 4. The fourth-order valence-corrected chi connectivity index (χ4v) is 1.92. The number of hydrogen-bond acceptors (Lipinski definition) is 2. The van der Waals surface area contributed by atoms with E-state index < -0.39 is 0 Å². The van der Waals surface area contributed by atoms with Crippen molar-refractivity contribution >= 4 is 5.91 Å². The molecule has 82 valence electrons. The topological polar surface area (TPSA) is 55.1 Å². The van der Waals surface area contributed by atoms with Crippen LogP contribution in [0, 0.1) is 11.8 Å². The van der Waals surface area contributed by atoms with Crippen molar-refractivity contribution in [2.45, 2.75) is 39.0 Å². The molecule has 3 heteroatoms. The minimum absolute atomic E-state index is 0.0430. The van der Waals surface area contributed by atoms with E-state index in [4.69, 9.17) is 5.73 Å². The molecule has 1 amide bonds. The third-order valence-corrected chi connectivity index (χ3v) is 3.09. The van der Waals surface area contributed by atoms with Crippen LogP contribution >= 0.6 is 0 Å². The Bertz CT molecular complexity index is 176. The Morgan fingerprint density at radius 1 is 1.43 bits per heavy atom. The molecule has 1 unspecified atom stereocenters. The summed E-state index contributed by atoms with van der Waals surface area (Å²) in [6.07, 6.45) is 6.57. The number of nitrogens with one attached hydrogen (secondary N) is 1. The summed E-state index contributed by atoms with van der Waals surface area (Å²) in [5.74, 6) is 0.773. The molecule has 3 nitrogen and oxygen atoms in total. The van der Waals surface area contributed by atoms with Crippen molar-refractivity contribution in [1.29, 1.82) is 0 Å². The van der Waals surface area contributed by atoms with E-state index in [-0.39, 0.29) is 11.8 Å². The van der Waals surface area contributed by atoms with Crippen molar-refractivity contribution in [3.8, 4) is 0 Å². The SMILES string of the molecule is CC(CN)C(=O)NCC1CCCCC1. The summed E-state index contributed by atoms with van der Waals surface area (Å²) in [5, 5.41) is 2.98. The number of carbonyl (C=O) groups excluding carboxylic acids is 1. The molecule has 0 aliphatic heterocycles. The van der Waals surface area contributed by atoms with Crippen LogP contribution in [0.5, 0.6) is 0 Å². The van der Waals surface area contributed by atoms with Crippen LogP contribution in [0.15, 0.2) is 0 Å². The first-order chi connectivity index (χ1) is 6.74. The van der Waals surface area contributed by atoms with E-state index in [1.165, 1.54) is 32.1 Å². The monoisotopic (exact) mass is 198 g/mol. The van der Waals surface area contributed by atoms with Crippen LogP contribution in [0.25, 0.3) is 0 Å². The Morgan fingerprint density at radius 3 is 2.64 bits per heavy atom. The minimum Gasteiger partial charge on any atom is -0.356 e. The molecule has 0 radical (unpaired) electrons. The van der Waals surface area contributed by atoms with Gasteiger partial charge in [0.05, 0.1) is 0 Å². The third kappa shape index (κ3) is 3.66. The molecular formula is C11H22N2O. The summed E-state index contributed by atoms with van der Waals surface area (Å²) in [6, 6.07) is 0. The molecule has 1 aliphatic rings. The summed E-state index contributed by atoms with van der Waals surface area (Å²) in [4.78, 5) is 11.4. The largest absolute Gasteiger partial charge is 0.356 e. The zero-order valence-corrected chi connectivity index (χ0v) is 9.09. The van der Waals surface area contributed by atoms with Gasteiger partial charge >= 0.3 is 0 Å². The van der Waals surface area contributed by atoms with E-state index in [2.05, 4.69) is 5.32 Å². The van der Waals surface area contributed by atoms with Gasteiger partial charge in [-0.2, -0.15) is 0 Å². The number of amides is 1. The van der Waals surface area contributed by atoms with Gasteiger partial charge in [-0.25, -0.2) is 0 Å². The first-order valence-corrected chi connectivity index (χ1v) is 5.71. The molecule has 0 saturated heterocycles. The lowest BCUT2D eigenvalue weighted by atomic mass is 9.89. The van der Waals surface area contributed by atoms with Gasteiger partial charge in [0.2, 0.25) is 5.91 Å². The highest BCUT2D eigenvalue weighted by atomic mass is 16.1. The predicted molar refractivity (Wildman–Crippen MR) is 57.8 cm³/mol. The van der Waals surface area contributed by atoms with Crippen LogP contribution in [-0.2, 0) is 4.79 Å². The van der Waals surface area contributed by atoms with Crippen molar-refractivity contribution in [1.82, 2.24) is 5.32 Å². The highest BCUT2D eigenvalue weighted by molar-refractivity contribution is 5.78. The Balaban J connectivity index is 2.15. The molecule has 1 aliphatic carbocycles. The molecule has 0 aromatic heterocycles. The second-order valence-corrected chi connectivity index (χ2v) is 4.39. The molecule has 0 bridgehead atoms. The third-order valence-electron chi connectivity index (χ3n) is 3.09. The minimum atomic E-state index is -0.0430. The van der Waals surface area contributed by atoms with Crippen LogP contribution in [0.2, 0.25) is 0 Å². The van der Waals surface area contributed by atoms with Gasteiger partial charge < -0.3 is 11.1 Å². The first-order valence-electron chi connectivity index (χ1n) is 5.71. The van der Waals surface area contributed by atoms with Crippen LogP contribution in [0.3, 0.4) is 0 Å². The van der Waals surface area contributed by atoms with Crippen LogP contribution < -0.4 is 11.1 Å². The zero-order chi connectivity index (χ0) is 10.4. The van der Waals surface area contributed by atoms with Crippen LogP contribution in [0.1, 0.15) is 39.0 Å². The van der Waals surface area contributed by atoms with E-state index in [1.54, 1.807) is 0 Å². The summed E-state index contributed by atoms with van der Waals surface area (Å²) in [7, 11) is 0. The second kappa shape index (κ2) is 6.02. The summed E-state index contributed by atoms with van der Waals surface area (Å²) in [6.45, 7) is 3.16. The summed E-state index contributed by atoms with van der Waals surface area (Å²) < 4.78 is 0. The quantitative estimate of drug-likeness (QED) is 0.715. The molecule has 1 rings (SSSR count). The molecule has 14 heavy (non-hydrogen) atoms. The van der Waals surface area contributed by atoms with Crippen molar-refractivity contribution in [3.63, 3.8) is 0 Å². The second-order valence-electron chi connectivity index (χ2n) is 4.39. The van der Waals surface area contributed by atoms with Gasteiger partial charge in [0, 0.05) is 19.0 Å². The molecular weight excluding hydrogens is 176 g/mol. The maximum atomic E-state index is 11.4. The molecule has 1 atom stereocenters. The molecule has 0 aromatic carbocycles. The Hall–Kier alpha value is -0.570. The standard InChI is InChI=1S/C11H22N2O/c1-9(7-12)11(14)13-8-10-5-3-2-4-6-10/h9-10H,2-8,12H2,1H3,(H,13,14). The number of hydrogen-bond donors (Lipinski definition) is 2. The maximum Gasteiger partial charge on any atom is 0.224 e. The van der Waals surface area contributed by atoms with Gasteiger partial charge in [0.1, 0.15) is 0 Å². The van der Waals surface area contributed by atoms with Gasteiger partial charge in [0.15, 0.2) is 0 Å². The lowest BCUT2D eigenvalue weighted by Crippen LogP contribution is -2.36. The van der Waals surface area contributed by atoms with Crippen LogP contribution in [-0.4, -0.2) is 19.0 Å². The Morgan fingerprint density at radius 2 is 2.07 bits per heavy atom. The molecule has 1 saturated carbocycles. The maximum absolute atomic E-state index is 11.4. The number of nitrogens with two attached hydrogens (primary N) is 1. The average Bonchev–Trinajstić information content (AvgIpc) is 2.26. The van der Waals surface area contributed by atoms with Gasteiger partial charge in [-0.3, -0.25) is 4.79 Å². The molecule has 0 spiro atoms. The summed E-state index contributed by atoms with van der Waals surface area (Å²) >= 11 is 0. The first kappa shape index (κ1) is 11.5. The van der Waals surface area contributed by atoms with E-state index in [0.717, 1.165) is 6.54 Å². The molecule has 0 aromatic rings. The smallest absolute Gasteiger partial charge is 0.224 e. The predicted octanol–water partition coefficient (Wildman–Crippen LogP) is 1.28. The highest BCUT2D eigenvalue weighted by Crippen LogP contribution is 2.22. The molecule has 3 N–H and O–H groups in total. The Kier molecular flexibility index (Phi) is 4.94. The lowest BCUT2D eigenvalue weighted by molar-refractivity contribution is -0.124. The average molecular weight is 198 g/mol. The zero-order valence-electron chi connectivity index (χ0n) is 9.09.